The second kappa shape index (κ2) is 5.36. The molecule has 1 aromatic heterocycles. The number of carbonyl (C=O) groups is 1. The zero-order chi connectivity index (χ0) is 15.9. The molecule has 1 saturated heterocycles. The summed E-state index contributed by atoms with van der Waals surface area (Å²) in [6.45, 7) is -0.236. The fraction of sp³-hybridized carbons (Fsp3) is 0.231. The largest absolute Gasteiger partial charge is 0.309 e. The summed E-state index contributed by atoms with van der Waals surface area (Å²) in [5.41, 5.74) is 0.911. The van der Waals surface area contributed by atoms with Gasteiger partial charge in [0.25, 0.3) is 0 Å². The summed E-state index contributed by atoms with van der Waals surface area (Å²) in [6.07, 6.45) is 4.33. The van der Waals surface area contributed by atoms with Crippen LogP contribution in [0.15, 0.2) is 36.9 Å². The minimum Gasteiger partial charge on any atom is -0.309 e. The number of nitrogens with zero attached hydrogens (tertiary/aromatic N) is 3. The zero-order valence-corrected chi connectivity index (χ0v) is 12.8. The van der Waals surface area contributed by atoms with E-state index in [0.717, 1.165) is 0 Å². The molecule has 0 radical (unpaired) electrons. The first kappa shape index (κ1) is 15.0. The molecule has 0 saturated carbocycles. The topological polar surface area (TPSA) is 72.3 Å². The van der Waals surface area contributed by atoms with Crippen molar-refractivity contribution >= 4 is 33.4 Å². The Morgan fingerprint density at radius 2 is 2.14 bits per heavy atom. The molecule has 22 heavy (non-hydrogen) atoms. The Morgan fingerprint density at radius 1 is 1.36 bits per heavy atom. The average molecular weight is 344 g/mol. The van der Waals surface area contributed by atoms with E-state index in [2.05, 4.69) is 4.98 Å². The van der Waals surface area contributed by atoms with Gasteiger partial charge >= 0.3 is 10.2 Å². The van der Waals surface area contributed by atoms with Crippen LogP contribution in [0.25, 0.3) is 5.69 Å². The summed E-state index contributed by atoms with van der Waals surface area (Å²) < 4.78 is 36.9. The highest BCUT2D eigenvalue weighted by Gasteiger charge is 2.40. The van der Waals surface area contributed by atoms with Gasteiger partial charge in [-0.05, 0) is 12.1 Å². The molecule has 0 bridgehead atoms. The molecular formula is C13H11ClFN3O3S. The highest BCUT2D eigenvalue weighted by molar-refractivity contribution is 7.87. The van der Waals surface area contributed by atoms with Gasteiger partial charge in [0.05, 0.1) is 22.7 Å². The summed E-state index contributed by atoms with van der Waals surface area (Å²) in [5, 5.41) is -0.982. The molecule has 1 aromatic carbocycles. The van der Waals surface area contributed by atoms with E-state index in [9.17, 15) is 17.1 Å². The lowest BCUT2D eigenvalue weighted by atomic mass is 10.2. The Kier molecular flexibility index (Phi) is 3.65. The van der Waals surface area contributed by atoms with Crippen LogP contribution in [0.1, 0.15) is 6.42 Å². The third kappa shape index (κ3) is 2.59. The minimum absolute atomic E-state index is 0.236. The third-order valence-electron chi connectivity index (χ3n) is 3.51. The molecule has 0 aliphatic carbocycles. The Hall–Kier alpha value is -1.93. The van der Waals surface area contributed by atoms with Crippen LogP contribution in [-0.4, -0.2) is 35.7 Å². The number of anilines is 1. The van der Waals surface area contributed by atoms with Crippen LogP contribution in [0.2, 0.25) is 5.02 Å². The number of aromatic nitrogens is 2. The highest BCUT2D eigenvalue weighted by Crippen LogP contribution is 2.34. The summed E-state index contributed by atoms with van der Waals surface area (Å²) in [4.78, 5) is 17.3. The Bertz CT molecular complexity index is 823. The molecular weight excluding hydrogens is 333 g/mol. The van der Waals surface area contributed by atoms with Gasteiger partial charge in [0.2, 0.25) is 5.91 Å². The first-order valence-corrected chi connectivity index (χ1v) is 8.21. The maximum atomic E-state index is 13.2. The van der Waals surface area contributed by atoms with Crippen LogP contribution in [0, 0.1) is 0 Å². The van der Waals surface area contributed by atoms with E-state index in [1.165, 1.54) is 11.2 Å². The lowest BCUT2D eigenvalue weighted by Crippen LogP contribution is -2.28. The molecule has 2 heterocycles. The second-order valence-electron chi connectivity index (χ2n) is 4.88. The van der Waals surface area contributed by atoms with Crippen molar-refractivity contribution in [3.8, 4) is 5.69 Å². The van der Waals surface area contributed by atoms with Gasteiger partial charge in [-0.3, -0.25) is 4.79 Å². The van der Waals surface area contributed by atoms with Crippen molar-refractivity contribution in [2.45, 2.75) is 11.7 Å². The van der Waals surface area contributed by atoms with Crippen molar-refractivity contribution in [2.75, 3.05) is 11.4 Å². The number of hydrogen-bond acceptors (Lipinski definition) is 4. The van der Waals surface area contributed by atoms with Crippen molar-refractivity contribution < 1.29 is 17.1 Å². The van der Waals surface area contributed by atoms with E-state index in [-0.39, 0.29) is 13.0 Å². The van der Waals surface area contributed by atoms with Crippen LogP contribution >= 0.6 is 11.6 Å². The summed E-state index contributed by atoms with van der Waals surface area (Å²) >= 11 is 6.19. The van der Waals surface area contributed by atoms with Gasteiger partial charge in [-0.25, -0.2) is 4.98 Å². The van der Waals surface area contributed by atoms with Gasteiger partial charge in [-0.2, -0.15) is 8.42 Å². The minimum atomic E-state index is -4.77. The van der Waals surface area contributed by atoms with Crippen molar-refractivity contribution in [1.29, 1.82) is 0 Å². The van der Waals surface area contributed by atoms with Crippen molar-refractivity contribution in [2.24, 2.45) is 0 Å². The van der Waals surface area contributed by atoms with Gasteiger partial charge in [0.1, 0.15) is 5.25 Å². The van der Waals surface area contributed by atoms with Crippen LogP contribution in [0.4, 0.5) is 9.57 Å². The number of rotatable bonds is 3. The molecule has 2 aromatic rings. The summed E-state index contributed by atoms with van der Waals surface area (Å²) in [6, 6.07) is 4.92. The molecule has 0 N–H and O–H groups in total. The van der Waals surface area contributed by atoms with Crippen LogP contribution < -0.4 is 4.90 Å². The maximum absolute atomic E-state index is 13.2. The van der Waals surface area contributed by atoms with Crippen molar-refractivity contribution in [3.63, 3.8) is 0 Å². The summed E-state index contributed by atoms with van der Waals surface area (Å²) in [5.74, 6) is -0.463. The maximum Gasteiger partial charge on any atom is 0.307 e. The van der Waals surface area contributed by atoms with Crippen LogP contribution in [-0.2, 0) is 15.0 Å². The van der Waals surface area contributed by atoms with Crippen molar-refractivity contribution in [1.82, 2.24) is 9.55 Å². The molecule has 1 amide bonds. The van der Waals surface area contributed by atoms with Gasteiger partial charge in [0, 0.05) is 25.4 Å². The number of para-hydroxylation sites is 1. The van der Waals surface area contributed by atoms with Gasteiger partial charge < -0.3 is 9.47 Å². The quantitative estimate of drug-likeness (QED) is 0.798. The molecule has 9 heteroatoms. The van der Waals surface area contributed by atoms with Gasteiger partial charge in [-0.1, -0.05) is 17.7 Å². The number of amides is 1. The van der Waals surface area contributed by atoms with Gasteiger partial charge in [0.15, 0.2) is 0 Å². The monoisotopic (exact) mass is 343 g/mol. The molecule has 6 nitrogen and oxygen atoms in total. The standard InChI is InChI=1S/C13H11ClFN3O3S/c14-10-2-1-3-11(13(10)17-5-4-16-8-17)18-7-9(6-12(18)19)22(15,20)21/h1-5,8-9H,6-7H2. The third-order valence-corrected chi connectivity index (χ3v) is 4.92. The molecule has 0 spiro atoms. The zero-order valence-electron chi connectivity index (χ0n) is 11.2. The lowest BCUT2D eigenvalue weighted by Gasteiger charge is -2.21. The molecule has 1 aliphatic heterocycles. The van der Waals surface area contributed by atoms with E-state index >= 15 is 0 Å². The van der Waals surface area contributed by atoms with Gasteiger partial charge in [-0.15, -0.1) is 3.89 Å². The first-order chi connectivity index (χ1) is 10.4. The number of halogens is 2. The lowest BCUT2D eigenvalue weighted by molar-refractivity contribution is -0.117. The Labute approximate surface area is 131 Å². The fourth-order valence-corrected chi connectivity index (χ4v) is 3.40. The Morgan fingerprint density at radius 3 is 2.73 bits per heavy atom. The SMILES string of the molecule is O=C1CC(S(=O)(=O)F)CN1c1cccc(Cl)c1-n1ccnc1. The predicted molar refractivity (Wildman–Crippen MR) is 79.4 cm³/mol. The van der Waals surface area contributed by atoms with E-state index in [1.54, 1.807) is 35.2 Å². The number of benzene rings is 1. The smallest absolute Gasteiger partial charge is 0.307 e. The first-order valence-electron chi connectivity index (χ1n) is 6.38. The molecule has 1 atom stereocenters. The normalized spacial score (nSPS) is 18.9. The molecule has 3 rings (SSSR count). The van der Waals surface area contributed by atoms with Crippen LogP contribution in [0.3, 0.4) is 0 Å². The summed E-state index contributed by atoms with van der Waals surface area (Å²) in [7, 11) is -4.77. The molecule has 1 fully saturated rings. The van der Waals surface area contributed by atoms with E-state index < -0.39 is 21.4 Å². The predicted octanol–water partition coefficient (Wildman–Crippen LogP) is 1.93. The highest BCUT2D eigenvalue weighted by atomic mass is 35.5. The number of hydrogen-bond donors (Lipinski definition) is 0. The number of imidazole rings is 1. The molecule has 1 unspecified atom stereocenters. The average Bonchev–Trinajstić information content (AvgIpc) is 3.06. The van der Waals surface area contributed by atoms with E-state index in [0.29, 0.717) is 16.4 Å². The number of carbonyl (C=O) groups excluding carboxylic acids is 1. The molecule has 116 valence electrons. The second-order valence-corrected chi connectivity index (χ2v) is 6.91. The van der Waals surface area contributed by atoms with E-state index in [4.69, 9.17) is 11.6 Å². The van der Waals surface area contributed by atoms with Crippen LogP contribution in [0.5, 0.6) is 0 Å². The van der Waals surface area contributed by atoms with Crippen molar-refractivity contribution in [3.05, 3.63) is 41.9 Å². The fourth-order valence-electron chi connectivity index (χ4n) is 2.46. The molecule has 1 aliphatic rings. The Balaban J connectivity index is 2.07. The van der Waals surface area contributed by atoms with E-state index in [1.807, 2.05) is 0 Å².